The zero-order chi connectivity index (χ0) is 12.3. The zero-order valence-electron chi connectivity index (χ0n) is 8.39. The number of amides is 1. The summed E-state index contributed by atoms with van der Waals surface area (Å²) in [6.07, 6.45) is 1.45. The first-order valence-electron chi connectivity index (χ1n) is 4.57. The highest BCUT2D eigenvalue weighted by molar-refractivity contribution is 6.30. The van der Waals surface area contributed by atoms with Crippen molar-refractivity contribution in [1.82, 2.24) is 15.2 Å². The van der Waals surface area contributed by atoms with Crippen LogP contribution in [0.15, 0.2) is 30.5 Å². The average Bonchev–Trinajstić information content (AvgIpc) is 2.32. The van der Waals surface area contributed by atoms with Crippen LogP contribution in [0.5, 0.6) is 0 Å². The van der Waals surface area contributed by atoms with Crippen LogP contribution >= 0.6 is 23.2 Å². The Kier molecular flexibility index (Phi) is 3.51. The Labute approximate surface area is 107 Å². The lowest BCUT2D eigenvalue weighted by Crippen LogP contribution is -2.13. The van der Waals surface area contributed by atoms with Crippen LogP contribution < -0.4 is 5.32 Å². The van der Waals surface area contributed by atoms with Gasteiger partial charge in [-0.2, -0.15) is 0 Å². The Balaban J connectivity index is 2.14. The van der Waals surface area contributed by atoms with Gasteiger partial charge in [-0.3, -0.25) is 4.79 Å². The van der Waals surface area contributed by atoms with Gasteiger partial charge in [0.2, 0.25) is 0 Å². The number of carbonyl (C=O) groups is 1. The van der Waals surface area contributed by atoms with E-state index in [4.69, 9.17) is 23.2 Å². The van der Waals surface area contributed by atoms with E-state index in [1.165, 1.54) is 18.3 Å². The second kappa shape index (κ2) is 5.07. The molecule has 2 aromatic heterocycles. The van der Waals surface area contributed by atoms with Crippen LogP contribution in [0.1, 0.15) is 10.4 Å². The van der Waals surface area contributed by atoms with Crippen molar-refractivity contribution < 1.29 is 4.79 Å². The fourth-order valence-corrected chi connectivity index (χ4v) is 1.39. The van der Waals surface area contributed by atoms with Gasteiger partial charge >= 0.3 is 0 Å². The molecule has 0 radical (unpaired) electrons. The van der Waals surface area contributed by atoms with Crippen molar-refractivity contribution in [2.24, 2.45) is 0 Å². The van der Waals surface area contributed by atoms with Gasteiger partial charge in [-0.05, 0) is 24.3 Å². The fraction of sp³-hybridized carbons (Fsp3) is 0. The topological polar surface area (TPSA) is 67.8 Å². The number of nitrogens with one attached hydrogen (secondary N) is 1. The Hall–Kier alpha value is -1.72. The van der Waals surface area contributed by atoms with Crippen molar-refractivity contribution in [1.29, 1.82) is 0 Å². The van der Waals surface area contributed by atoms with Crippen LogP contribution in [0.25, 0.3) is 0 Å². The van der Waals surface area contributed by atoms with Crippen molar-refractivity contribution in [2.75, 3.05) is 5.32 Å². The minimum absolute atomic E-state index is 0.250. The summed E-state index contributed by atoms with van der Waals surface area (Å²) < 4.78 is 0. The second-order valence-corrected chi connectivity index (χ2v) is 3.84. The van der Waals surface area contributed by atoms with E-state index in [0.717, 1.165) is 0 Å². The monoisotopic (exact) mass is 268 g/mol. The van der Waals surface area contributed by atoms with Crippen LogP contribution in [-0.2, 0) is 0 Å². The van der Waals surface area contributed by atoms with Gasteiger partial charge < -0.3 is 5.32 Å². The summed E-state index contributed by atoms with van der Waals surface area (Å²) in [6.45, 7) is 0. The molecule has 0 aromatic carbocycles. The quantitative estimate of drug-likeness (QED) is 0.850. The highest BCUT2D eigenvalue weighted by Crippen LogP contribution is 2.10. The molecule has 0 aliphatic rings. The SMILES string of the molecule is O=C(Nc1ccc(Cl)nn1)c1ccnc(Cl)c1. The van der Waals surface area contributed by atoms with Gasteiger partial charge in [0.15, 0.2) is 11.0 Å². The highest BCUT2D eigenvalue weighted by Gasteiger charge is 2.07. The molecule has 0 fully saturated rings. The molecule has 0 aliphatic carbocycles. The standard InChI is InChI=1S/C10H6Cl2N4O/c11-7-1-2-9(16-15-7)14-10(17)6-3-4-13-8(12)5-6/h1-5H,(H,14,16,17). The molecule has 0 saturated carbocycles. The Bertz CT molecular complexity index is 544. The number of nitrogens with zero attached hydrogens (tertiary/aromatic N) is 3. The molecule has 0 spiro atoms. The normalized spacial score (nSPS) is 10.0. The predicted molar refractivity (Wildman–Crippen MR) is 64.2 cm³/mol. The summed E-state index contributed by atoms with van der Waals surface area (Å²) in [5.74, 6) is -0.0294. The summed E-state index contributed by atoms with van der Waals surface area (Å²) in [5, 5.41) is 10.4. The maximum Gasteiger partial charge on any atom is 0.257 e. The molecule has 17 heavy (non-hydrogen) atoms. The first-order valence-corrected chi connectivity index (χ1v) is 5.33. The van der Waals surface area contributed by atoms with E-state index in [0.29, 0.717) is 11.4 Å². The summed E-state index contributed by atoms with van der Waals surface area (Å²) >= 11 is 11.3. The van der Waals surface area contributed by atoms with E-state index < -0.39 is 0 Å². The Morgan fingerprint density at radius 2 is 1.94 bits per heavy atom. The minimum atomic E-state index is -0.342. The molecule has 2 rings (SSSR count). The molecule has 0 bridgehead atoms. The number of hydrogen-bond donors (Lipinski definition) is 1. The number of halogens is 2. The van der Waals surface area contributed by atoms with Gasteiger partial charge in [0, 0.05) is 11.8 Å². The van der Waals surface area contributed by atoms with Crippen LogP contribution in [0, 0.1) is 0 Å². The molecule has 1 N–H and O–H groups in total. The maximum absolute atomic E-state index is 11.8. The lowest BCUT2D eigenvalue weighted by atomic mass is 10.2. The lowest BCUT2D eigenvalue weighted by molar-refractivity contribution is 0.102. The number of pyridine rings is 1. The van der Waals surface area contributed by atoms with Crippen molar-refractivity contribution >= 4 is 34.9 Å². The summed E-state index contributed by atoms with van der Waals surface area (Å²) in [5.41, 5.74) is 0.391. The third-order valence-corrected chi connectivity index (χ3v) is 2.27. The first-order chi connectivity index (χ1) is 8.15. The van der Waals surface area contributed by atoms with Gasteiger partial charge in [-0.25, -0.2) is 4.98 Å². The highest BCUT2D eigenvalue weighted by atomic mass is 35.5. The predicted octanol–water partition coefficient (Wildman–Crippen LogP) is 2.43. The summed E-state index contributed by atoms with van der Waals surface area (Å²) in [6, 6.07) is 6.09. The maximum atomic E-state index is 11.8. The Morgan fingerprint density at radius 1 is 1.12 bits per heavy atom. The third kappa shape index (κ3) is 3.12. The molecule has 2 aromatic rings. The molecule has 0 aliphatic heterocycles. The van der Waals surface area contributed by atoms with Crippen LogP contribution in [-0.4, -0.2) is 21.1 Å². The van der Waals surface area contributed by atoms with E-state index in [1.807, 2.05) is 0 Å². The first kappa shape index (κ1) is 11.8. The molecular weight excluding hydrogens is 263 g/mol. The van der Waals surface area contributed by atoms with Crippen LogP contribution in [0.4, 0.5) is 5.82 Å². The Morgan fingerprint density at radius 3 is 2.59 bits per heavy atom. The molecule has 2 heterocycles. The number of carbonyl (C=O) groups excluding carboxylic acids is 1. The van der Waals surface area contributed by atoms with E-state index >= 15 is 0 Å². The molecule has 1 amide bonds. The van der Waals surface area contributed by atoms with Gasteiger partial charge in [-0.1, -0.05) is 23.2 Å². The van der Waals surface area contributed by atoms with Crippen molar-refractivity contribution in [3.63, 3.8) is 0 Å². The summed E-state index contributed by atoms with van der Waals surface area (Å²) in [7, 11) is 0. The van der Waals surface area contributed by atoms with Gasteiger partial charge in [0.1, 0.15) is 5.15 Å². The fourth-order valence-electron chi connectivity index (χ4n) is 1.11. The number of anilines is 1. The van der Waals surface area contributed by atoms with Gasteiger partial charge in [-0.15, -0.1) is 10.2 Å². The largest absolute Gasteiger partial charge is 0.305 e. The van der Waals surface area contributed by atoms with Crippen LogP contribution in [0.3, 0.4) is 0 Å². The van der Waals surface area contributed by atoms with Crippen molar-refractivity contribution in [3.8, 4) is 0 Å². The van der Waals surface area contributed by atoms with Gasteiger partial charge in [0.25, 0.3) is 5.91 Å². The van der Waals surface area contributed by atoms with E-state index in [9.17, 15) is 4.79 Å². The molecule has 7 heteroatoms. The molecule has 86 valence electrons. The molecule has 0 unspecified atom stereocenters. The zero-order valence-corrected chi connectivity index (χ0v) is 9.90. The molecule has 0 atom stereocenters. The second-order valence-electron chi connectivity index (χ2n) is 3.06. The number of hydrogen-bond acceptors (Lipinski definition) is 4. The van der Waals surface area contributed by atoms with Gasteiger partial charge in [0.05, 0.1) is 0 Å². The molecular formula is C10H6Cl2N4O. The van der Waals surface area contributed by atoms with E-state index in [2.05, 4.69) is 20.5 Å². The number of rotatable bonds is 2. The van der Waals surface area contributed by atoms with E-state index in [-0.39, 0.29) is 16.2 Å². The number of aromatic nitrogens is 3. The summed E-state index contributed by atoms with van der Waals surface area (Å²) in [4.78, 5) is 15.5. The van der Waals surface area contributed by atoms with Crippen LogP contribution in [0.2, 0.25) is 10.3 Å². The molecule has 0 saturated heterocycles. The minimum Gasteiger partial charge on any atom is -0.305 e. The smallest absolute Gasteiger partial charge is 0.257 e. The lowest BCUT2D eigenvalue weighted by Gasteiger charge is -2.03. The third-order valence-electron chi connectivity index (χ3n) is 1.86. The molecule has 5 nitrogen and oxygen atoms in total. The van der Waals surface area contributed by atoms with Crippen molar-refractivity contribution in [2.45, 2.75) is 0 Å². The van der Waals surface area contributed by atoms with E-state index in [1.54, 1.807) is 12.1 Å². The van der Waals surface area contributed by atoms with Crippen molar-refractivity contribution in [3.05, 3.63) is 46.3 Å². The average molecular weight is 269 g/mol.